The molecule has 0 bridgehead atoms. The summed E-state index contributed by atoms with van der Waals surface area (Å²) < 4.78 is 0. The molecule has 0 atom stereocenters. The monoisotopic (exact) mass is 308 g/mol. The Morgan fingerprint density at radius 3 is 2.43 bits per heavy atom. The predicted molar refractivity (Wildman–Crippen MR) is 85.1 cm³/mol. The number of rotatable bonds is 4. The summed E-state index contributed by atoms with van der Waals surface area (Å²) in [5.74, 6) is -0.367. The maximum atomic E-state index is 12.2. The van der Waals surface area contributed by atoms with Crippen molar-refractivity contribution >= 4 is 17.3 Å². The van der Waals surface area contributed by atoms with Crippen LogP contribution in [0.25, 0.3) is 11.3 Å². The molecule has 7 nitrogen and oxygen atoms in total. The molecule has 3 aromatic rings. The number of nitrogens with zero attached hydrogens (tertiary/aromatic N) is 2. The summed E-state index contributed by atoms with van der Waals surface area (Å²) in [6.07, 6.45) is 0. The second-order valence-corrected chi connectivity index (χ2v) is 4.79. The van der Waals surface area contributed by atoms with E-state index in [0.717, 1.165) is 5.56 Å². The number of nitro benzene ring substituents is 1. The minimum atomic E-state index is -0.493. The Balaban J connectivity index is 1.74. The molecule has 1 amide bonds. The van der Waals surface area contributed by atoms with Crippen molar-refractivity contribution in [2.45, 2.75) is 0 Å². The Morgan fingerprint density at radius 1 is 1.09 bits per heavy atom. The first-order valence-electron chi connectivity index (χ1n) is 6.80. The van der Waals surface area contributed by atoms with Crippen LogP contribution in [0.2, 0.25) is 0 Å². The van der Waals surface area contributed by atoms with Crippen LogP contribution in [0.1, 0.15) is 10.5 Å². The van der Waals surface area contributed by atoms with Gasteiger partial charge in [0.1, 0.15) is 5.69 Å². The maximum absolute atomic E-state index is 12.2. The summed E-state index contributed by atoms with van der Waals surface area (Å²) in [6.45, 7) is 0. The molecule has 0 saturated heterocycles. The minimum absolute atomic E-state index is 0.0316. The van der Waals surface area contributed by atoms with Gasteiger partial charge in [0.05, 0.1) is 10.6 Å². The van der Waals surface area contributed by atoms with Crippen LogP contribution in [-0.4, -0.2) is 21.0 Å². The number of anilines is 1. The zero-order chi connectivity index (χ0) is 16.2. The van der Waals surface area contributed by atoms with Crippen molar-refractivity contribution in [2.24, 2.45) is 0 Å². The van der Waals surface area contributed by atoms with E-state index in [1.165, 1.54) is 24.3 Å². The molecule has 0 radical (unpaired) electrons. The van der Waals surface area contributed by atoms with Crippen LogP contribution in [0, 0.1) is 10.1 Å². The number of carbonyl (C=O) groups is 1. The predicted octanol–water partition coefficient (Wildman–Crippen LogP) is 3.24. The maximum Gasteiger partial charge on any atom is 0.273 e. The van der Waals surface area contributed by atoms with E-state index in [-0.39, 0.29) is 11.6 Å². The molecule has 0 spiro atoms. The summed E-state index contributed by atoms with van der Waals surface area (Å²) in [5.41, 5.74) is 2.31. The molecular formula is C16H12N4O3. The quantitative estimate of drug-likeness (QED) is 0.570. The number of hydrogen-bond donors (Lipinski definition) is 2. The van der Waals surface area contributed by atoms with E-state index in [1.54, 1.807) is 6.07 Å². The Hall–Kier alpha value is -3.48. The lowest BCUT2D eigenvalue weighted by Gasteiger charge is -2.02. The second kappa shape index (κ2) is 6.10. The number of aromatic amines is 1. The fourth-order valence-electron chi connectivity index (χ4n) is 2.06. The molecule has 0 aliphatic rings. The molecule has 2 N–H and O–H groups in total. The smallest absolute Gasteiger partial charge is 0.273 e. The molecular weight excluding hydrogens is 296 g/mol. The number of amides is 1. The van der Waals surface area contributed by atoms with Crippen LogP contribution in [0.15, 0.2) is 60.7 Å². The van der Waals surface area contributed by atoms with E-state index in [1.807, 2.05) is 30.3 Å². The van der Waals surface area contributed by atoms with E-state index in [2.05, 4.69) is 15.5 Å². The van der Waals surface area contributed by atoms with Crippen LogP contribution in [0.5, 0.6) is 0 Å². The summed E-state index contributed by atoms with van der Waals surface area (Å²) in [7, 11) is 0. The van der Waals surface area contributed by atoms with Gasteiger partial charge >= 0.3 is 0 Å². The van der Waals surface area contributed by atoms with E-state index < -0.39 is 4.92 Å². The fourth-order valence-corrected chi connectivity index (χ4v) is 2.06. The third kappa shape index (κ3) is 3.24. The van der Waals surface area contributed by atoms with Crippen LogP contribution in [-0.2, 0) is 0 Å². The molecule has 0 aliphatic heterocycles. The first-order valence-corrected chi connectivity index (χ1v) is 6.80. The first kappa shape index (κ1) is 14.5. The third-order valence-corrected chi connectivity index (χ3v) is 3.23. The van der Waals surface area contributed by atoms with Gasteiger partial charge in [0, 0.05) is 23.4 Å². The van der Waals surface area contributed by atoms with E-state index in [4.69, 9.17) is 0 Å². The molecule has 114 valence electrons. The highest BCUT2D eigenvalue weighted by Gasteiger charge is 2.12. The van der Waals surface area contributed by atoms with Gasteiger partial charge < -0.3 is 5.32 Å². The molecule has 3 rings (SSSR count). The molecule has 1 heterocycles. The summed E-state index contributed by atoms with van der Waals surface area (Å²) in [5, 5.41) is 20.0. The molecule has 1 aromatic heterocycles. The second-order valence-electron chi connectivity index (χ2n) is 4.79. The standard InChI is InChI=1S/C16H12N4O3/c21-16(17-12-6-8-13(9-7-12)20(22)23)15-10-14(18-19-15)11-4-2-1-3-5-11/h1-10H,(H,17,21)(H,18,19). The largest absolute Gasteiger partial charge is 0.321 e. The van der Waals surface area contributed by atoms with Gasteiger partial charge in [-0.15, -0.1) is 0 Å². The van der Waals surface area contributed by atoms with Crippen molar-refractivity contribution < 1.29 is 9.72 Å². The Kier molecular flexibility index (Phi) is 3.84. The third-order valence-electron chi connectivity index (χ3n) is 3.23. The molecule has 0 unspecified atom stereocenters. The van der Waals surface area contributed by atoms with Gasteiger partial charge in [-0.1, -0.05) is 30.3 Å². The van der Waals surface area contributed by atoms with Crippen molar-refractivity contribution in [1.29, 1.82) is 0 Å². The van der Waals surface area contributed by atoms with Crippen molar-refractivity contribution in [2.75, 3.05) is 5.32 Å². The topological polar surface area (TPSA) is 101 Å². The van der Waals surface area contributed by atoms with Crippen LogP contribution in [0.4, 0.5) is 11.4 Å². The van der Waals surface area contributed by atoms with E-state index >= 15 is 0 Å². The summed E-state index contributed by atoms with van der Waals surface area (Å²) >= 11 is 0. The van der Waals surface area contributed by atoms with E-state index in [9.17, 15) is 14.9 Å². The Morgan fingerprint density at radius 2 is 1.78 bits per heavy atom. The number of non-ortho nitro benzene ring substituents is 1. The van der Waals surface area contributed by atoms with Crippen molar-refractivity contribution in [3.8, 4) is 11.3 Å². The Labute approximate surface area is 131 Å². The van der Waals surface area contributed by atoms with Gasteiger partial charge in [0.15, 0.2) is 0 Å². The fraction of sp³-hybridized carbons (Fsp3) is 0. The lowest BCUT2D eigenvalue weighted by molar-refractivity contribution is -0.384. The number of nitro groups is 1. The Bertz CT molecular complexity index is 841. The number of benzene rings is 2. The van der Waals surface area contributed by atoms with Gasteiger partial charge in [0.2, 0.25) is 0 Å². The van der Waals surface area contributed by atoms with E-state index in [0.29, 0.717) is 17.1 Å². The lowest BCUT2D eigenvalue weighted by Crippen LogP contribution is -2.12. The molecule has 0 aliphatic carbocycles. The highest BCUT2D eigenvalue weighted by molar-refractivity contribution is 6.03. The van der Waals surface area contributed by atoms with Crippen LogP contribution < -0.4 is 5.32 Å². The number of carbonyl (C=O) groups excluding carboxylic acids is 1. The van der Waals surface area contributed by atoms with Crippen LogP contribution >= 0.6 is 0 Å². The number of hydrogen-bond acceptors (Lipinski definition) is 4. The number of aromatic nitrogens is 2. The minimum Gasteiger partial charge on any atom is -0.321 e. The van der Waals surface area contributed by atoms with Crippen LogP contribution in [0.3, 0.4) is 0 Å². The average Bonchev–Trinajstić information content (AvgIpc) is 3.06. The SMILES string of the molecule is O=C(Nc1ccc([N+](=O)[O-])cc1)c1cc(-c2ccccc2)n[nH]1. The first-order chi connectivity index (χ1) is 11.1. The average molecular weight is 308 g/mol. The molecule has 23 heavy (non-hydrogen) atoms. The van der Waals surface area contributed by atoms with Gasteiger partial charge in [-0.2, -0.15) is 5.10 Å². The summed E-state index contributed by atoms with van der Waals surface area (Å²) in [4.78, 5) is 22.3. The van der Waals surface area contributed by atoms with Crippen molar-refractivity contribution in [1.82, 2.24) is 10.2 Å². The summed E-state index contributed by atoms with van der Waals surface area (Å²) in [6, 6.07) is 16.7. The number of nitrogens with one attached hydrogen (secondary N) is 2. The van der Waals surface area contributed by atoms with Gasteiger partial charge in [-0.3, -0.25) is 20.0 Å². The number of H-pyrrole nitrogens is 1. The van der Waals surface area contributed by atoms with Crippen molar-refractivity contribution in [3.63, 3.8) is 0 Å². The highest BCUT2D eigenvalue weighted by atomic mass is 16.6. The lowest BCUT2D eigenvalue weighted by atomic mass is 10.1. The zero-order valence-corrected chi connectivity index (χ0v) is 11.9. The van der Waals surface area contributed by atoms with Crippen molar-refractivity contribution in [3.05, 3.63) is 76.5 Å². The molecule has 0 fully saturated rings. The zero-order valence-electron chi connectivity index (χ0n) is 11.9. The molecule has 7 heteroatoms. The normalized spacial score (nSPS) is 10.3. The molecule has 2 aromatic carbocycles. The van der Waals surface area contributed by atoms with Gasteiger partial charge in [-0.25, -0.2) is 0 Å². The van der Waals surface area contributed by atoms with Gasteiger partial charge in [0.25, 0.3) is 11.6 Å². The van der Waals surface area contributed by atoms with Gasteiger partial charge in [-0.05, 0) is 18.2 Å². The molecule has 0 saturated carbocycles. The highest BCUT2D eigenvalue weighted by Crippen LogP contribution is 2.19.